The number of nitrogens with zero attached hydrogens (tertiary/aromatic N) is 2. The summed E-state index contributed by atoms with van der Waals surface area (Å²) in [5.41, 5.74) is 1.31. The van der Waals surface area contributed by atoms with Gasteiger partial charge in [-0.1, -0.05) is 24.6 Å². The largest absolute Gasteiger partial charge is 0.348 e. The second kappa shape index (κ2) is 6.76. The fourth-order valence-corrected chi connectivity index (χ4v) is 4.36. The smallest absolute Gasteiger partial charge is 0.270 e. The molecule has 1 N–H and O–H groups in total. The number of benzene rings is 1. The number of rotatable bonds is 4. The molecule has 24 heavy (non-hydrogen) atoms. The van der Waals surface area contributed by atoms with Crippen LogP contribution in [0.25, 0.3) is 5.69 Å². The molecule has 0 spiro atoms. The summed E-state index contributed by atoms with van der Waals surface area (Å²) in [4.78, 5) is 16.7. The zero-order chi connectivity index (χ0) is 17.2. The maximum Gasteiger partial charge on any atom is 0.270 e. The third kappa shape index (κ3) is 3.67. The fourth-order valence-electron chi connectivity index (χ4n) is 3.18. The van der Waals surface area contributed by atoms with Crippen LogP contribution in [0.3, 0.4) is 0 Å². The van der Waals surface area contributed by atoms with Crippen molar-refractivity contribution >= 4 is 15.7 Å². The van der Waals surface area contributed by atoms with Gasteiger partial charge in [-0.15, -0.1) is 0 Å². The Morgan fingerprint density at radius 3 is 2.71 bits per heavy atom. The van der Waals surface area contributed by atoms with E-state index >= 15 is 0 Å². The van der Waals surface area contributed by atoms with Crippen LogP contribution in [0.5, 0.6) is 0 Å². The van der Waals surface area contributed by atoms with Crippen LogP contribution in [-0.2, 0) is 9.84 Å². The van der Waals surface area contributed by atoms with Crippen LogP contribution in [-0.4, -0.2) is 41.4 Å². The van der Waals surface area contributed by atoms with Crippen LogP contribution in [0.15, 0.2) is 42.9 Å². The molecule has 1 fully saturated rings. The first kappa shape index (κ1) is 16.7. The van der Waals surface area contributed by atoms with Gasteiger partial charge >= 0.3 is 0 Å². The third-order valence-electron chi connectivity index (χ3n) is 4.47. The van der Waals surface area contributed by atoms with Crippen LogP contribution in [0.2, 0.25) is 0 Å². The summed E-state index contributed by atoms with van der Waals surface area (Å²) in [7, 11) is -3.07. The molecule has 1 heterocycles. The highest BCUT2D eigenvalue weighted by Crippen LogP contribution is 2.24. The van der Waals surface area contributed by atoms with E-state index in [1.54, 1.807) is 10.9 Å². The normalized spacial score (nSPS) is 21.4. The minimum atomic E-state index is -3.07. The zero-order valence-corrected chi connectivity index (χ0v) is 14.4. The van der Waals surface area contributed by atoms with Gasteiger partial charge in [-0.2, -0.15) is 0 Å². The maximum atomic E-state index is 12.6. The van der Waals surface area contributed by atoms with Gasteiger partial charge in [0.05, 0.1) is 17.8 Å². The lowest BCUT2D eigenvalue weighted by atomic mass is 9.95. The molecule has 1 aromatic carbocycles. The summed E-state index contributed by atoms with van der Waals surface area (Å²) in [5, 5.41) is 2.60. The number of imidazole rings is 1. The summed E-state index contributed by atoms with van der Waals surface area (Å²) in [5.74, 6) is -0.226. The van der Waals surface area contributed by atoms with Crippen molar-refractivity contribution in [3.63, 3.8) is 0 Å². The quantitative estimate of drug-likeness (QED) is 0.917. The molecule has 0 radical (unpaired) electrons. The predicted molar refractivity (Wildman–Crippen MR) is 91.9 cm³/mol. The number of para-hydroxylation sites is 1. The number of hydrogen-bond acceptors (Lipinski definition) is 4. The van der Waals surface area contributed by atoms with Gasteiger partial charge in [0.25, 0.3) is 5.91 Å². The Kier molecular flexibility index (Phi) is 4.71. The highest BCUT2D eigenvalue weighted by Gasteiger charge is 2.30. The van der Waals surface area contributed by atoms with Gasteiger partial charge in [0.15, 0.2) is 0 Å². The van der Waals surface area contributed by atoms with E-state index in [0.29, 0.717) is 18.5 Å². The van der Waals surface area contributed by atoms with Gasteiger partial charge in [-0.3, -0.25) is 9.36 Å². The van der Waals surface area contributed by atoms with Crippen LogP contribution < -0.4 is 5.32 Å². The number of carbonyl (C=O) groups excluding carboxylic acids is 1. The summed E-state index contributed by atoms with van der Waals surface area (Å²) in [6.07, 6.45) is 7.16. The Bertz CT molecular complexity index is 815. The van der Waals surface area contributed by atoms with Crippen molar-refractivity contribution in [1.82, 2.24) is 14.9 Å². The molecule has 0 bridgehead atoms. The molecule has 1 saturated carbocycles. The molecule has 0 unspecified atom stereocenters. The highest BCUT2D eigenvalue weighted by atomic mass is 32.2. The molecular weight excluding hydrogens is 326 g/mol. The minimum Gasteiger partial charge on any atom is -0.348 e. The molecule has 2 aromatic rings. The Hall–Kier alpha value is -2.15. The van der Waals surface area contributed by atoms with E-state index in [-0.39, 0.29) is 17.2 Å². The van der Waals surface area contributed by atoms with Crippen LogP contribution in [0.4, 0.5) is 0 Å². The average molecular weight is 347 g/mol. The monoisotopic (exact) mass is 347 g/mol. The van der Waals surface area contributed by atoms with E-state index in [4.69, 9.17) is 0 Å². The first-order valence-corrected chi connectivity index (χ1v) is 9.98. The van der Waals surface area contributed by atoms with Crippen molar-refractivity contribution < 1.29 is 13.2 Å². The van der Waals surface area contributed by atoms with Crippen LogP contribution in [0.1, 0.15) is 36.2 Å². The van der Waals surface area contributed by atoms with Crippen LogP contribution >= 0.6 is 0 Å². The number of sulfone groups is 1. The van der Waals surface area contributed by atoms with Crippen LogP contribution in [0, 0.1) is 0 Å². The molecular formula is C17H21N3O3S. The molecule has 2 atom stereocenters. The predicted octanol–water partition coefficient (Wildman–Crippen LogP) is 1.96. The van der Waals surface area contributed by atoms with E-state index < -0.39 is 9.84 Å². The molecule has 7 heteroatoms. The van der Waals surface area contributed by atoms with E-state index in [2.05, 4.69) is 10.3 Å². The third-order valence-corrected chi connectivity index (χ3v) is 6.11. The van der Waals surface area contributed by atoms with Crippen molar-refractivity contribution in [2.45, 2.75) is 37.0 Å². The van der Waals surface area contributed by atoms with Gasteiger partial charge in [0.1, 0.15) is 15.5 Å². The Labute approximate surface area is 141 Å². The minimum absolute atomic E-state index is 0.120. The molecule has 1 aliphatic carbocycles. The number of carbonyl (C=O) groups is 1. The summed E-state index contributed by atoms with van der Waals surface area (Å²) < 4.78 is 25.2. The van der Waals surface area contributed by atoms with Crippen molar-refractivity contribution in [3.8, 4) is 5.69 Å². The molecule has 128 valence electrons. The van der Waals surface area contributed by atoms with Gasteiger partial charge in [0, 0.05) is 18.0 Å². The zero-order valence-electron chi connectivity index (χ0n) is 13.6. The molecule has 1 aliphatic rings. The lowest BCUT2D eigenvalue weighted by Gasteiger charge is -2.28. The second-order valence-corrected chi connectivity index (χ2v) is 8.60. The molecule has 1 amide bonds. The van der Waals surface area contributed by atoms with Crippen molar-refractivity contribution in [1.29, 1.82) is 0 Å². The lowest BCUT2D eigenvalue weighted by molar-refractivity contribution is 0.0921. The summed E-state index contributed by atoms with van der Waals surface area (Å²) in [6, 6.07) is 9.39. The Balaban J connectivity index is 1.73. The number of amides is 1. The summed E-state index contributed by atoms with van der Waals surface area (Å²) in [6.45, 7) is 0. The topological polar surface area (TPSA) is 81.1 Å². The summed E-state index contributed by atoms with van der Waals surface area (Å²) >= 11 is 0. The first-order chi connectivity index (χ1) is 11.4. The van der Waals surface area contributed by atoms with Crippen molar-refractivity contribution in [2.75, 3.05) is 6.26 Å². The van der Waals surface area contributed by atoms with E-state index in [1.165, 1.54) is 12.5 Å². The Morgan fingerprint density at radius 1 is 1.25 bits per heavy atom. The number of nitrogens with one attached hydrogen (secondary N) is 1. The number of hydrogen-bond donors (Lipinski definition) is 1. The highest BCUT2D eigenvalue weighted by molar-refractivity contribution is 7.91. The first-order valence-electron chi connectivity index (χ1n) is 8.02. The van der Waals surface area contributed by atoms with Crippen molar-refractivity contribution in [2.24, 2.45) is 0 Å². The molecule has 6 nitrogen and oxygen atoms in total. The fraction of sp³-hybridized carbons (Fsp3) is 0.412. The SMILES string of the molecule is CS(=O)(=O)[C@@H]1CCC[C@H](NC(=O)c2cncn2-c2ccccc2)C1. The van der Waals surface area contributed by atoms with Crippen molar-refractivity contribution in [3.05, 3.63) is 48.5 Å². The van der Waals surface area contributed by atoms with Gasteiger partial charge < -0.3 is 5.32 Å². The van der Waals surface area contributed by atoms with E-state index in [9.17, 15) is 13.2 Å². The molecule has 3 rings (SSSR count). The molecule has 0 aliphatic heterocycles. The lowest BCUT2D eigenvalue weighted by Crippen LogP contribution is -2.42. The average Bonchev–Trinajstić information content (AvgIpc) is 3.05. The van der Waals surface area contributed by atoms with Gasteiger partial charge in [-0.05, 0) is 31.4 Å². The molecule has 1 aromatic heterocycles. The van der Waals surface area contributed by atoms with Gasteiger partial charge in [0.2, 0.25) is 0 Å². The van der Waals surface area contributed by atoms with Gasteiger partial charge in [-0.25, -0.2) is 13.4 Å². The number of aromatic nitrogens is 2. The van der Waals surface area contributed by atoms with E-state index in [0.717, 1.165) is 18.5 Å². The standard InChI is InChI=1S/C17H21N3O3S/c1-24(22,23)15-9-5-6-13(10-15)19-17(21)16-11-18-12-20(16)14-7-3-2-4-8-14/h2-4,7-8,11-13,15H,5-6,9-10H2,1H3,(H,19,21)/t13-,15+/m0/s1. The second-order valence-electron chi connectivity index (χ2n) is 6.27. The van der Waals surface area contributed by atoms with E-state index in [1.807, 2.05) is 30.3 Å². The Morgan fingerprint density at radius 2 is 2.00 bits per heavy atom. The molecule has 0 saturated heterocycles. The maximum absolute atomic E-state index is 12.6.